The molecule has 0 aliphatic carbocycles. The van der Waals surface area contributed by atoms with Gasteiger partial charge in [-0.05, 0) is 39.5 Å². The summed E-state index contributed by atoms with van der Waals surface area (Å²) in [5.74, 6) is -1.52. The second-order valence-corrected chi connectivity index (χ2v) is 10.6. The van der Waals surface area contributed by atoms with Gasteiger partial charge in [0.2, 0.25) is 0 Å². The first-order chi connectivity index (χ1) is 14.4. The van der Waals surface area contributed by atoms with Gasteiger partial charge in [-0.15, -0.1) is 0 Å². The van der Waals surface area contributed by atoms with Gasteiger partial charge >= 0.3 is 11.7 Å². The molecule has 0 aromatic carbocycles. The summed E-state index contributed by atoms with van der Waals surface area (Å²) in [6.07, 6.45) is -1.64. The summed E-state index contributed by atoms with van der Waals surface area (Å²) >= 11 is 5.08. The van der Waals surface area contributed by atoms with E-state index in [0.717, 1.165) is 0 Å². The summed E-state index contributed by atoms with van der Waals surface area (Å²) in [4.78, 5) is 48.0. The number of carbonyl (C=O) groups is 1. The van der Waals surface area contributed by atoms with Gasteiger partial charge in [0.15, 0.2) is 12.0 Å². The number of rotatable bonds is 8. The third-order valence-electron chi connectivity index (χ3n) is 4.66. The first-order valence-electron chi connectivity index (χ1n) is 9.67. The molecule has 3 N–H and O–H groups in total. The lowest BCUT2D eigenvalue weighted by Gasteiger charge is -2.26. The molecule has 1 unspecified atom stereocenters. The van der Waals surface area contributed by atoms with Crippen molar-refractivity contribution in [1.82, 2.24) is 14.6 Å². The number of hydrogen-bond acceptors (Lipinski definition) is 9. The Morgan fingerprint density at radius 1 is 1.42 bits per heavy atom. The SMILES string of the molecule is CCOC(=O)[C@H](C)NP(O)(=S)OC[C@H]1O[C@@H](n2ccc(=O)[nH]c2=O)[C@@H]2OC(C)(C)O[C@@H]21. The summed E-state index contributed by atoms with van der Waals surface area (Å²) in [5, 5.41) is 2.56. The van der Waals surface area contributed by atoms with Crippen LogP contribution < -0.4 is 16.3 Å². The van der Waals surface area contributed by atoms with Crippen LogP contribution in [0.15, 0.2) is 21.9 Å². The Labute approximate surface area is 183 Å². The fraction of sp³-hybridized carbons (Fsp3) is 0.706. The highest BCUT2D eigenvalue weighted by Crippen LogP contribution is 2.45. The molecule has 2 fully saturated rings. The van der Waals surface area contributed by atoms with Crippen molar-refractivity contribution >= 4 is 24.4 Å². The molecule has 3 rings (SSSR count). The Morgan fingerprint density at radius 3 is 2.74 bits per heavy atom. The highest BCUT2D eigenvalue weighted by Gasteiger charge is 2.56. The first-order valence-corrected chi connectivity index (χ1v) is 12.3. The van der Waals surface area contributed by atoms with Crippen LogP contribution in [-0.4, -0.2) is 63.8 Å². The molecule has 3 heterocycles. The topological polar surface area (TPSA) is 150 Å². The number of aromatic amines is 1. The van der Waals surface area contributed by atoms with Crippen LogP contribution in [0.2, 0.25) is 0 Å². The van der Waals surface area contributed by atoms with E-state index in [-0.39, 0.29) is 13.2 Å². The molecule has 2 saturated heterocycles. The predicted octanol–water partition coefficient (Wildman–Crippen LogP) is -0.271. The Bertz CT molecular complexity index is 980. The Hall–Kier alpha value is -1.44. The molecule has 31 heavy (non-hydrogen) atoms. The average molecular weight is 479 g/mol. The standard InChI is InChI=1S/C17H26N3O9PS/c1-5-25-15(22)9(2)19-30(24,31)26-8-10-12-13(29-17(3,4)28-12)14(27-10)20-7-6-11(21)18-16(20)23/h6-7,9-10,12-14H,5,8H2,1-4H3,(H,18,21,23)(H2,19,24,31)/t9-,10+,12+,13+,14+,30?/m0/s1. The third kappa shape index (κ3) is 5.68. The quantitative estimate of drug-likeness (QED) is 0.334. The second kappa shape index (κ2) is 9.20. The number of H-pyrrole nitrogens is 1. The first kappa shape index (κ1) is 24.2. The normalized spacial score (nSPS) is 29.8. The van der Waals surface area contributed by atoms with Gasteiger partial charge < -0.3 is 28.4 Å². The van der Waals surface area contributed by atoms with Crippen molar-refractivity contribution in [3.05, 3.63) is 33.1 Å². The van der Waals surface area contributed by atoms with Crippen molar-refractivity contribution < 1.29 is 33.2 Å². The van der Waals surface area contributed by atoms with Gasteiger partial charge in [0, 0.05) is 12.3 Å². The van der Waals surface area contributed by atoms with E-state index in [1.807, 2.05) is 0 Å². The fourth-order valence-corrected chi connectivity index (χ4v) is 5.10. The molecular formula is C17H26N3O9PS. The van der Waals surface area contributed by atoms with Gasteiger partial charge in [0.25, 0.3) is 12.2 Å². The van der Waals surface area contributed by atoms with Crippen molar-refractivity contribution in [3.63, 3.8) is 0 Å². The smallest absolute Gasteiger partial charge is 0.330 e. The number of carbonyl (C=O) groups excluding carboxylic acids is 1. The minimum absolute atomic E-state index is 0.189. The average Bonchev–Trinajstić information content (AvgIpc) is 3.13. The Balaban J connectivity index is 1.72. The summed E-state index contributed by atoms with van der Waals surface area (Å²) in [6, 6.07) is 0.323. The van der Waals surface area contributed by atoms with Crippen molar-refractivity contribution in [3.8, 4) is 0 Å². The lowest BCUT2D eigenvalue weighted by Crippen LogP contribution is -2.37. The molecule has 0 spiro atoms. The van der Waals surface area contributed by atoms with Crippen molar-refractivity contribution in [2.24, 2.45) is 0 Å². The van der Waals surface area contributed by atoms with E-state index in [4.69, 9.17) is 35.3 Å². The van der Waals surface area contributed by atoms with Crippen molar-refractivity contribution in [2.45, 2.75) is 64.1 Å². The minimum Gasteiger partial charge on any atom is -0.465 e. The van der Waals surface area contributed by atoms with Gasteiger partial charge in [-0.1, -0.05) is 0 Å². The Morgan fingerprint density at radius 2 is 2.10 bits per heavy atom. The predicted molar refractivity (Wildman–Crippen MR) is 111 cm³/mol. The van der Waals surface area contributed by atoms with Crippen LogP contribution in [0.5, 0.6) is 0 Å². The second-order valence-electron chi connectivity index (χ2n) is 7.57. The van der Waals surface area contributed by atoms with Crippen LogP contribution in [0.4, 0.5) is 0 Å². The van der Waals surface area contributed by atoms with Gasteiger partial charge in [-0.25, -0.2) is 9.88 Å². The van der Waals surface area contributed by atoms with Crippen LogP contribution in [0.1, 0.15) is 33.9 Å². The van der Waals surface area contributed by atoms with Gasteiger partial charge in [0.1, 0.15) is 24.4 Å². The molecule has 0 saturated carbocycles. The van der Waals surface area contributed by atoms with Crippen LogP contribution in [-0.2, 0) is 40.1 Å². The molecule has 6 atom stereocenters. The van der Waals surface area contributed by atoms with E-state index in [1.165, 1.54) is 23.8 Å². The summed E-state index contributed by atoms with van der Waals surface area (Å²) in [7, 11) is 0. The van der Waals surface area contributed by atoms with E-state index in [9.17, 15) is 19.3 Å². The number of aromatic nitrogens is 2. The lowest BCUT2D eigenvalue weighted by molar-refractivity contribution is -0.199. The molecule has 0 bridgehead atoms. The van der Waals surface area contributed by atoms with Crippen LogP contribution in [0.25, 0.3) is 0 Å². The van der Waals surface area contributed by atoms with Gasteiger partial charge in [-0.2, -0.15) is 0 Å². The molecule has 174 valence electrons. The molecular weight excluding hydrogens is 453 g/mol. The fourth-order valence-electron chi connectivity index (χ4n) is 3.42. The van der Waals surface area contributed by atoms with Crippen molar-refractivity contribution in [1.29, 1.82) is 0 Å². The van der Waals surface area contributed by atoms with E-state index < -0.39 is 60.2 Å². The molecule has 1 aromatic rings. The number of esters is 1. The van der Waals surface area contributed by atoms with Crippen LogP contribution in [0, 0.1) is 0 Å². The van der Waals surface area contributed by atoms with Crippen LogP contribution in [0.3, 0.4) is 0 Å². The van der Waals surface area contributed by atoms with E-state index in [2.05, 4.69) is 10.1 Å². The van der Waals surface area contributed by atoms with E-state index >= 15 is 0 Å². The van der Waals surface area contributed by atoms with Crippen LogP contribution >= 0.6 is 6.64 Å². The zero-order chi connectivity index (χ0) is 23.0. The summed E-state index contributed by atoms with van der Waals surface area (Å²) in [6.45, 7) is 3.03. The third-order valence-corrected chi connectivity index (χ3v) is 6.51. The molecule has 2 aliphatic rings. The van der Waals surface area contributed by atoms with Gasteiger partial charge in [0.05, 0.1) is 13.2 Å². The lowest BCUT2D eigenvalue weighted by atomic mass is 10.1. The maximum absolute atomic E-state index is 12.2. The van der Waals surface area contributed by atoms with E-state index in [0.29, 0.717) is 0 Å². The van der Waals surface area contributed by atoms with Crippen molar-refractivity contribution in [2.75, 3.05) is 13.2 Å². The Kier molecular flexibility index (Phi) is 7.18. The number of ether oxygens (including phenoxy) is 4. The molecule has 14 heteroatoms. The molecule has 0 amide bonds. The maximum atomic E-state index is 12.2. The zero-order valence-corrected chi connectivity index (χ0v) is 19.2. The highest BCUT2D eigenvalue weighted by atomic mass is 32.5. The molecule has 12 nitrogen and oxygen atoms in total. The molecule has 1 aromatic heterocycles. The monoisotopic (exact) mass is 479 g/mol. The number of nitrogens with one attached hydrogen (secondary N) is 2. The number of hydrogen-bond donors (Lipinski definition) is 3. The van der Waals surface area contributed by atoms with E-state index in [1.54, 1.807) is 20.8 Å². The highest BCUT2D eigenvalue weighted by molar-refractivity contribution is 8.08. The number of nitrogens with zero attached hydrogens (tertiary/aromatic N) is 1. The van der Waals surface area contributed by atoms with Gasteiger partial charge in [-0.3, -0.25) is 19.1 Å². The summed E-state index contributed by atoms with van der Waals surface area (Å²) < 4.78 is 29.3. The largest absolute Gasteiger partial charge is 0.465 e. The minimum atomic E-state index is -3.56. The molecule has 2 aliphatic heterocycles. The zero-order valence-electron chi connectivity index (χ0n) is 17.5. The molecule has 0 radical (unpaired) electrons. The maximum Gasteiger partial charge on any atom is 0.330 e. The number of fused-ring (bicyclic) bond motifs is 1. The summed E-state index contributed by atoms with van der Waals surface area (Å²) in [5.41, 5.74) is -1.20.